The van der Waals surface area contributed by atoms with Gasteiger partial charge in [0.1, 0.15) is 11.5 Å². The summed E-state index contributed by atoms with van der Waals surface area (Å²) < 4.78 is 21.2. The number of carbonyl (C=O) groups is 2. The van der Waals surface area contributed by atoms with Gasteiger partial charge in [0.2, 0.25) is 0 Å². The summed E-state index contributed by atoms with van der Waals surface area (Å²) in [5.74, 6) is 0.814. The van der Waals surface area contributed by atoms with Crippen LogP contribution in [0.5, 0.6) is 11.5 Å². The van der Waals surface area contributed by atoms with Crippen LogP contribution in [0.25, 0.3) is 0 Å². The van der Waals surface area contributed by atoms with Gasteiger partial charge in [-0.3, -0.25) is 9.59 Å². The zero-order chi connectivity index (χ0) is 22.0. The van der Waals surface area contributed by atoms with Gasteiger partial charge in [0, 0.05) is 12.6 Å². The maximum atomic E-state index is 12.8. The fourth-order valence-electron chi connectivity index (χ4n) is 4.15. The largest absolute Gasteiger partial charge is 0.497 e. The lowest BCUT2D eigenvalue weighted by molar-refractivity contribution is -0.163. The zero-order valence-corrected chi connectivity index (χ0v) is 18.6. The summed E-state index contributed by atoms with van der Waals surface area (Å²) in [5.41, 5.74) is 0.384. The Kier molecular flexibility index (Phi) is 9.43. The Labute approximate surface area is 179 Å². The quantitative estimate of drug-likeness (QED) is 0.433. The molecule has 0 saturated heterocycles. The maximum absolute atomic E-state index is 12.8. The maximum Gasteiger partial charge on any atom is 0.312 e. The number of esters is 2. The van der Waals surface area contributed by atoms with Gasteiger partial charge in [-0.25, -0.2) is 0 Å². The van der Waals surface area contributed by atoms with Crippen LogP contribution in [0.15, 0.2) is 18.2 Å². The van der Waals surface area contributed by atoms with Crippen LogP contribution < -0.4 is 14.8 Å². The highest BCUT2D eigenvalue weighted by Crippen LogP contribution is 2.43. The standard InChI is InChI=1S/C23H35NO6/c1-5-29-21(25)18-8-7-9-23(15-18,22(26)30-6-2)10-11-24-16-17-12-19(27-3)14-20(13-17)28-4/h12-14,18,24H,5-11,15-16H2,1-4H3/t18-,23+/m1/s1. The fraction of sp³-hybridized carbons (Fsp3) is 0.652. The highest BCUT2D eigenvalue weighted by molar-refractivity contribution is 5.79. The lowest BCUT2D eigenvalue weighted by Crippen LogP contribution is -2.42. The van der Waals surface area contributed by atoms with E-state index in [1.54, 1.807) is 21.1 Å². The van der Waals surface area contributed by atoms with Gasteiger partial charge in [-0.05, 0) is 63.8 Å². The third-order valence-corrected chi connectivity index (χ3v) is 5.69. The van der Waals surface area contributed by atoms with Gasteiger partial charge in [-0.1, -0.05) is 6.42 Å². The van der Waals surface area contributed by atoms with Crippen molar-refractivity contribution in [1.29, 1.82) is 0 Å². The number of nitrogens with one attached hydrogen (secondary N) is 1. The average Bonchev–Trinajstić information content (AvgIpc) is 2.77. The number of carbonyl (C=O) groups excluding carboxylic acids is 2. The van der Waals surface area contributed by atoms with Crippen LogP contribution in [0.1, 0.15) is 51.5 Å². The van der Waals surface area contributed by atoms with Crippen LogP contribution in [0.2, 0.25) is 0 Å². The molecule has 0 spiro atoms. The van der Waals surface area contributed by atoms with E-state index in [0.29, 0.717) is 39.1 Å². The Morgan fingerprint density at radius 1 is 1.07 bits per heavy atom. The molecule has 7 heteroatoms. The Morgan fingerprint density at radius 3 is 2.33 bits per heavy atom. The van der Waals surface area contributed by atoms with Crippen molar-refractivity contribution in [2.45, 2.75) is 52.5 Å². The molecule has 1 aliphatic carbocycles. The van der Waals surface area contributed by atoms with Crippen LogP contribution >= 0.6 is 0 Å². The number of methoxy groups -OCH3 is 2. The Hall–Kier alpha value is -2.28. The number of rotatable bonds is 11. The van der Waals surface area contributed by atoms with E-state index in [0.717, 1.165) is 36.3 Å². The number of hydrogen-bond acceptors (Lipinski definition) is 7. The summed E-state index contributed by atoms with van der Waals surface area (Å²) in [4.78, 5) is 25.1. The normalized spacial score (nSPS) is 21.0. The van der Waals surface area contributed by atoms with Gasteiger partial charge in [-0.15, -0.1) is 0 Å². The highest BCUT2D eigenvalue weighted by Gasteiger charge is 2.45. The average molecular weight is 422 g/mol. The minimum absolute atomic E-state index is 0.205. The van der Waals surface area contributed by atoms with E-state index in [4.69, 9.17) is 18.9 Å². The first-order chi connectivity index (χ1) is 14.5. The van der Waals surface area contributed by atoms with Gasteiger partial charge in [0.15, 0.2) is 0 Å². The first kappa shape index (κ1) is 24.0. The molecule has 0 radical (unpaired) electrons. The monoisotopic (exact) mass is 421 g/mol. The first-order valence-corrected chi connectivity index (χ1v) is 10.7. The molecule has 1 fully saturated rings. The molecule has 1 aromatic carbocycles. The van der Waals surface area contributed by atoms with Crippen molar-refractivity contribution in [3.05, 3.63) is 23.8 Å². The van der Waals surface area contributed by atoms with E-state index in [9.17, 15) is 9.59 Å². The molecular formula is C23H35NO6. The molecule has 1 N–H and O–H groups in total. The molecule has 30 heavy (non-hydrogen) atoms. The topological polar surface area (TPSA) is 83.1 Å². The van der Waals surface area contributed by atoms with E-state index in [2.05, 4.69) is 5.32 Å². The van der Waals surface area contributed by atoms with Gasteiger partial charge in [0.25, 0.3) is 0 Å². The van der Waals surface area contributed by atoms with E-state index in [-0.39, 0.29) is 17.9 Å². The van der Waals surface area contributed by atoms with Crippen molar-refractivity contribution in [2.24, 2.45) is 11.3 Å². The van der Waals surface area contributed by atoms with E-state index in [1.807, 2.05) is 25.1 Å². The van der Waals surface area contributed by atoms with Gasteiger partial charge in [-0.2, -0.15) is 0 Å². The van der Waals surface area contributed by atoms with Crippen LogP contribution in [0, 0.1) is 11.3 Å². The Morgan fingerprint density at radius 2 is 1.73 bits per heavy atom. The smallest absolute Gasteiger partial charge is 0.312 e. The van der Waals surface area contributed by atoms with Gasteiger partial charge < -0.3 is 24.3 Å². The number of benzene rings is 1. The third kappa shape index (κ3) is 6.36. The second-order valence-corrected chi connectivity index (χ2v) is 7.69. The first-order valence-electron chi connectivity index (χ1n) is 10.7. The summed E-state index contributed by atoms with van der Waals surface area (Å²) in [6.45, 7) is 5.55. The van der Waals surface area contributed by atoms with Crippen LogP contribution in [0.3, 0.4) is 0 Å². The minimum atomic E-state index is -0.648. The molecule has 1 aliphatic rings. The lowest BCUT2D eigenvalue weighted by Gasteiger charge is -2.38. The fourth-order valence-corrected chi connectivity index (χ4v) is 4.15. The van der Waals surface area contributed by atoms with Gasteiger partial charge in [0.05, 0.1) is 38.8 Å². The molecule has 2 rings (SSSR count). The van der Waals surface area contributed by atoms with Crippen molar-refractivity contribution in [2.75, 3.05) is 34.0 Å². The molecule has 7 nitrogen and oxygen atoms in total. The van der Waals surface area contributed by atoms with E-state index >= 15 is 0 Å². The van der Waals surface area contributed by atoms with Crippen molar-refractivity contribution in [1.82, 2.24) is 5.32 Å². The van der Waals surface area contributed by atoms with Crippen molar-refractivity contribution < 1.29 is 28.5 Å². The summed E-state index contributed by atoms with van der Waals surface area (Å²) in [7, 11) is 3.25. The second kappa shape index (κ2) is 11.8. The minimum Gasteiger partial charge on any atom is -0.497 e. The highest BCUT2D eigenvalue weighted by atomic mass is 16.5. The molecule has 0 bridgehead atoms. The Balaban J connectivity index is 2.02. The molecule has 0 unspecified atom stereocenters. The lowest BCUT2D eigenvalue weighted by atomic mass is 9.67. The van der Waals surface area contributed by atoms with Crippen LogP contribution in [0.4, 0.5) is 0 Å². The van der Waals surface area contributed by atoms with Crippen molar-refractivity contribution in [3.63, 3.8) is 0 Å². The number of ether oxygens (including phenoxy) is 4. The molecule has 1 saturated carbocycles. The molecule has 0 aromatic heterocycles. The predicted molar refractivity (Wildman–Crippen MR) is 114 cm³/mol. The van der Waals surface area contributed by atoms with Crippen molar-refractivity contribution in [3.8, 4) is 11.5 Å². The molecule has 168 valence electrons. The Bertz CT molecular complexity index is 685. The third-order valence-electron chi connectivity index (χ3n) is 5.69. The molecule has 2 atom stereocenters. The van der Waals surface area contributed by atoms with E-state index < -0.39 is 5.41 Å². The summed E-state index contributed by atoms with van der Waals surface area (Å²) in [5, 5.41) is 3.41. The second-order valence-electron chi connectivity index (χ2n) is 7.69. The van der Waals surface area contributed by atoms with Crippen molar-refractivity contribution >= 4 is 11.9 Å². The molecule has 0 aliphatic heterocycles. The molecule has 0 amide bonds. The van der Waals surface area contributed by atoms with Crippen LogP contribution in [-0.2, 0) is 25.6 Å². The molecular weight excluding hydrogens is 386 g/mol. The number of hydrogen-bond donors (Lipinski definition) is 1. The van der Waals surface area contributed by atoms with Crippen LogP contribution in [-0.4, -0.2) is 45.9 Å². The molecule has 0 heterocycles. The summed E-state index contributed by atoms with van der Waals surface area (Å²) in [6, 6.07) is 5.73. The summed E-state index contributed by atoms with van der Waals surface area (Å²) in [6.07, 6.45) is 3.41. The summed E-state index contributed by atoms with van der Waals surface area (Å²) >= 11 is 0. The van der Waals surface area contributed by atoms with E-state index in [1.165, 1.54) is 0 Å². The zero-order valence-electron chi connectivity index (χ0n) is 18.6. The predicted octanol–water partition coefficient (Wildman–Crippen LogP) is 3.49. The SMILES string of the molecule is CCOC(=O)[C@@H]1CCC[C@@](CCNCc2cc(OC)cc(OC)c2)(C(=O)OCC)C1. The molecule has 1 aromatic rings. The van der Waals surface area contributed by atoms with Gasteiger partial charge >= 0.3 is 11.9 Å².